The maximum atomic E-state index is 14.4. The molecule has 5 rings (SSSR count). The number of hydrogen-bond donors (Lipinski definition) is 0. The maximum absolute atomic E-state index is 14.4. The van der Waals surface area contributed by atoms with Crippen molar-refractivity contribution in [2.75, 3.05) is 41.9 Å². The van der Waals surface area contributed by atoms with Crippen LogP contribution in [0, 0.1) is 5.82 Å². The summed E-state index contributed by atoms with van der Waals surface area (Å²) in [5.41, 5.74) is 2.27. The smallest absolute Gasteiger partial charge is 0.264 e. The first-order valence-corrected chi connectivity index (χ1v) is 14.9. The number of para-hydroxylation sites is 2. The van der Waals surface area contributed by atoms with Crippen LogP contribution in [0.15, 0.2) is 71.6 Å². The summed E-state index contributed by atoms with van der Waals surface area (Å²) in [6.07, 6.45) is 0.663. The number of carbonyl (C=O) groups excluding carboxylic acids is 1. The minimum atomic E-state index is -3.77. The van der Waals surface area contributed by atoms with Gasteiger partial charge in [-0.3, -0.25) is 14.0 Å². The standard InChI is InChI=1S/C28H29FN4O3S2.ClH/c1-3-31(4-2)18-19-32(28-30-26-23(29)9-7-11-25(26)37-28)27(34)21-12-14-22(15-13-21)38(35,36)33-17-16-20-8-5-6-10-24(20)33;/h5-15H,3-4,16-19H2,1-2H3;1H. The minimum Gasteiger partial charge on any atom is -0.302 e. The molecule has 1 aliphatic heterocycles. The van der Waals surface area contributed by atoms with E-state index in [0.717, 1.165) is 18.7 Å². The van der Waals surface area contributed by atoms with Gasteiger partial charge in [0.1, 0.15) is 11.3 Å². The molecule has 7 nitrogen and oxygen atoms in total. The Hall–Kier alpha value is -3.05. The highest BCUT2D eigenvalue weighted by Crippen LogP contribution is 2.34. The zero-order chi connectivity index (χ0) is 26.9. The Morgan fingerprint density at radius 1 is 1.00 bits per heavy atom. The summed E-state index contributed by atoms with van der Waals surface area (Å²) in [5.74, 6) is -0.744. The molecule has 11 heteroatoms. The highest BCUT2D eigenvalue weighted by molar-refractivity contribution is 7.92. The molecule has 0 aliphatic carbocycles. The second kappa shape index (κ2) is 12.0. The van der Waals surface area contributed by atoms with Gasteiger partial charge < -0.3 is 4.90 Å². The Morgan fingerprint density at radius 3 is 2.41 bits per heavy atom. The van der Waals surface area contributed by atoms with Gasteiger partial charge in [0.05, 0.1) is 15.3 Å². The summed E-state index contributed by atoms with van der Waals surface area (Å²) in [6, 6.07) is 18.3. The zero-order valence-electron chi connectivity index (χ0n) is 21.7. The first kappa shape index (κ1) is 28.9. The van der Waals surface area contributed by atoms with Crippen molar-refractivity contribution in [3.05, 3.63) is 83.7 Å². The fourth-order valence-corrected chi connectivity index (χ4v) is 7.20. The second-order valence-corrected chi connectivity index (χ2v) is 11.9. The number of halogens is 2. The van der Waals surface area contributed by atoms with Gasteiger partial charge in [-0.1, -0.05) is 49.4 Å². The molecule has 206 valence electrons. The van der Waals surface area contributed by atoms with Gasteiger partial charge in [0.25, 0.3) is 15.9 Å². The number of thiazole rings is 1. The van der Waals surface area contributed by atoms with E-state index in [1.165, 1.54) is 46.0 Å². The topological polar surface area (TPSA) is 73.8 Å². The highest BCUT2D eigenvalue weighted by Gasteiger charge is 2.31. The largest absolute Gasteiger partial charge is 0.302 e. The molecule has 3 aromatic carbocycles. The van der Waals surface area contributed by atoms with E-state index < -0.39 is 15.8 Å². The summed E-state index contributed by atoms with van der Waals surface area (Å²) in [4.78, 5) is 22.0. The van der Waals surface area contributed by atoms with Gasteiger partial charge >= 0.3 is 0 Å². The third kappa shape index (κ3) is 5.65. The molecular weight excluding hydrogens is 559 g/mol. The monoisotopic (exact) mass is 588 g/mol. The molecule has 4 aromatic rings. The summed E-state index contributed by atoms with van der Waals surface area (Å²) >= 11 is 1.26. The summed E-state index contributed by atoms with van der Waals surface area (Å²) in [7, 11) is -3.77. The lowest BCUT2D eigenvalue weighted by Gasteiger charge is -2.25. The molecule has 0 bridgehead atoms. The molecule has 0 N–H and O–H groups in total. The molecule has 0 spiro atoms. The molecule has 0 radical (unpaired) electrons. The zero-order valence-corrected chi connectivity index (χ0v) is 24.2. The molecule has 0 saturated carbocycles. The molecular formula is C28H30ClFN4O3S2. The van der Waals surface area contributed by atoms with E-state index >= 15 is 0 Å². The van der Waals surface area contributed by atoms with Crippen molar-refractivity contribution in [1.82, 2.24) is 9.88 Å². The highest BCUT2D eigenvalue weighted by atomic mass is 35.5. The van der Waals surface area contributed by atoms with E-state index in [1.807, 2.05) is 24.3 Å². The number of anilines is 2. The number of sulfonamides is 1. The average molecular weight is 589 g/mol. The predicted octanol–water partition coefficient (Wildman–Crippen LogP) is 5.60. The van der Waals surface area contributed by atoms with E-state index in [4.69, 9.17) is 0 Å². The van der Waals surface area contributed by atoms with Crippen LogP contribution in [0.2, 0.25) is 0 Å². The van der Waals surface area contributed by atoms with Crippen molar-refractivity contribution in [3.63, 3.8) is 0 Å². The van der Waals surface area contributed by atoms with Crippen molar-refractivity contribution in [3.8, 4) is 0 Å². The third-order valence-electron chi connectivity index (χ3n) is 6.90. The SMILES string of the molecule is CCN(CC)CCN(C(=O)c1ccc(S(=O)(=O)N2CCc3ccccc32)cc1)c1nc2c(F)cccc2s1.Cl. The Morgan fingerprint density at radius 2 is 1.72 bits per heavy atom. The predicted molar refractivity (Wildman–Crippen MR) is 157 cm³/mol. The molecule has 1 aromatic heterocycles. The van der Waals surface area contributed by atoms with Gasteiger partial charge in [0, 0.05) is 25.2 Å². The minimum absolute atomic E-state index is 0. The first-order chi connectivity index (χ1) is 18.3. The van der Waals surface area contributed by atoms with E-state index in [9.17, 15) is 17.6 Å². The Balaban J connectivity index is 0.00000353. The van der Waals surface area contributed by atoms with Crippen LogP contribution < -0.4 is 9.21 Å². The molecule has 0 saturated heterocycles. The summed E-state index contributed by atoms with van der Waals surface area (Å²) in [6.45, 7) is 7.15. The number of benzene rings is 3. The van der Waals surface area contributed by atoms with Crippen LogP contribution in [-0.2, 0) is 16.4 Å². The van der Waals surface area contributed by atoms with E-state index in [1.54, 1.807) is 17.0 Å². The molecule has 2 heterocycles. The van der Waals surface area contributed by atoms with Crippen molar-refractivity contribution in [2.45, 2.75) is 25.2 Å². The van der Waals surface area contributed by atoms with Gasteiger partial charge in [-0.05, 0) is 67.5 Å². The number of likely N-dealkylation sites (N-methyl/N-ethyl adjacent to an activating group) is 1. The van der Waals surface area contributed by atoms with E-state index in [2.05, 4.69) is 23.7 Å². The van der Waals surface area contributed by atoms with Crippen molar-refractivity contribution in [1.29, 1.82) is 0 Å². The lowest BCUT2D eigenvalue weighted by atomic mass is 10.2. The van der Waals surface area contributed by atoms with Crippen LogP contribution in [0.1, 0.15) is 29.8 Å². The van der Waals surface area contributed by atoms with Crippen LogP contribution in [0.5, 0.6) is 0 Å². The number of hydrogen-bond acceptors (Lipinski definition) is 6. The lowest BCUT2D eigenvalue weighted by Crippen LogP contribution is -2.39. The normalized spacial score (nSPS) is 13.0. The maximum Gasteiger partial charge on any atom is 0.264 e. The molecule has 0 fully saturated rings. The Bertz CT molecular complexity index is 1570. The molecule has 39 heavy (non-hydrogen) atoms. The van der Waals surface area contributed by atoms with Gasteiger partial charge in [0.2, 0.25) is 0 Å². The van der Waals surface area contributed by atoms with Crippen molar-refractivity contribution in [2.24, 2.45) is 0 Å². The van der Waals surface area contributed by atoms with Gasteiger partial charge in [-0.25, -0.2) is 17.8 Å². The van der Waals surface area contributed by atoms with Crippen LogP contribution >= 0.6 is 23.7 Å². The van der Waals surface area contributed by atoms with Gasteiger partial charge in [0.15, 0.2) is 5.13 Å². The van der Waals surface area contributed by atoms with Gasteiger partial charge in [-0.2, -0.15) is 0 Å². The second-order valence-electron chi connectivity index (χ2n) is 9.05. The third-order valence-corrected chi connectivity index (χ3v) is 9.77. The number of aromatic nitrogens is 1. The number of carbonyl (C=O) groups is 1. The van der Waals surface area contributed by atoms with Gasteiger partial charge in [-0.15, -0.1) is 12.4 Å². The molecule has 1 amide bonds. The number of rotatable bonds is 9. The lowest BCUT2D eigenvalue weighted by molar-refractivity contribution is 0.0983. The van der Waals surface area contributed by atoms with Crippen LogP contribution in [0.3, 0.4) is 0 Å². The van der Waals surface area contributed by atoms with Crippen molar-refractivity contribution < 1.29 is 17.6 Å². The Labute approximate surface area is 238 Å². The first-order valence-electron chi connectivity index (χ1n) is 12.6. The molecule has 0 unspecified atom stereocenters. The van der Waals surface area contributed by atoms with Crippen molar-refractivity contribution >= 4 is 60.7 Å². The van der Waals surface area contributed by atoms with Crippen LogP contribution in [-0.4, -0.2) is 56.9 Å². The average Bonchev–Trinajstić information content (AvgIpc) is 3.57. The van der Waals surface area contributed by atoms with Crippen LogP contribution in [0.4, 0.5) is 15.2 Å². The number of nitrogens with zero attached hydrogens (tertiary/aromatic N) is 4. The number of amides is 1. The fourth-order valence-electron chi connectivity index (χ4n) is 4.69. The molecule has 0 atom stereocenters. The quantitative estimate of drug-likeness (QED) is 0.255. The summed E-state index contributed by atoms with van der Waals surface area (Å²) in [5, 5.41) is 0.410. The fraction of sp³-hybridized carbons (Fsp3) is 0.286. The Kier molecular flexibility index (Phi) is 8.90. The number of fused-ring (bicyclic) bond motifs is 2. The summed E-state index contributed by atoms with van der Waals surface area (Å²) < 4.78 is 43.2. The molecule has 1 aliphatic rings. The van der Waals surface area contributed by atoms with E-state index in [-0.39, 0.29) is 28.7 Å². The van der Waals surface area contributed by atoms with E-state index in [0.29, 0.717) is 47.1 Å². The van der Waals surface area contributed by atoms with Crippen LogP contribution in [0.25, 0.3) is 10.2 Å².